The molecule has 0 radical (unpaired) electrons. The van der Waals surface area contributed by atoms with Gasteiger partial charge in [0.05, 0.1) is 19.3 Å². The van der Waals surface area contributed by atoms with Gasteiger partial charge < -0.3 is 14.8 Å². The van der Waals surface area contributed by atoms with Crippen LogP contribution in [0.4, 0.5) is 5.13 Å². The Morgan fingerprint density at radius 2 is 2.12 bits per heavy atom. The van der Waals surface area contributed by atoms with Crippen LogP contribution in [0.2, 0.25) is 0 Å². The van der Waals surface area contributed by atoms with E-state index in [4.69, 9.17) is 9.47 Å². The number of rotatable bonds is 9. The third-order valence-electron chi connectivity index (χ3n) is 1.90. The largest absolute Gasteiger partial charge is 0.376 e. The SMILES string of the molecule is CCCNc1nnc(COCCOC(C)C)s1. The molecule has 1 rings (SSSR count). The zero-order valence-electron chi connectivity index (χ0n) is 10.7. The highest BCUT2D eigenvalue weighted by molar-refractivity contribution is 7.15. The highest BCUT2D eigenvalue weighted by atomic mass is 32.1. The van der Waals surface area contributed by atoms with Crippen molar-refractivity contribution < 1.29 is 9.47 Å². The Hall–Kier alpha value is -0.720. The summed E-state index contributed by atoms with van der Waals surface area (Å²) in [7, 11) is 0. The molecular formula is C11H21N3O2S. The van der Waals surface area contributed by atoms with Crippen molar-refractivity contribution in [2.24, 2.45) is 0 Å². The zero-order chi connectivity index (χ0) is 12.5. The summed E-state index contributed by atoms with van der Waals surface area (Å²) in [6.07, 6.45) is 1.34. The summed E-state index contributed by atoms with van der Waals surface area (Å²) >= 11 is 1.54. The van der Waals surface area contributed by atoms with Crippen LogP contribution in [0, 0.1) is 0 Å². The lowest BCUT2D eigenvalue weighted by Crippen LogP contribution is -2.09. The van der Waals surface area contributed by atoms with E-state index in [-0.39, 0.29) is 6.10 Å². The average molecular weight is 259 g/mol. The third kappa shape index (κ3) is 6.55. The highest BCUT2D eigenvalue weighted by Crippen LogP contribution is 2.15. The molecule has 0 aliphatic rings. The second kappa shape index (κ2) is 8.38. The van der Waals surface area contributed by atoms with Crippen molar-refractivity contribution in [1.82, 2.24) is 10.2 Å². The van der Waals surface area contributed by atoms with E-state index in [2.05, 4.69) is 22.4 Å². The summed E-state index contributed by atoms with van der Waals surface area (Å²) < 4.78 is 10.8. The number of nitrogens with zero attached hydrogens (tertiary/aromatic N) is 2. The maximum absolute atomic E-state index is 5.44. The number of nitrogens with one attached hydrogen (secondary N) is 1. The minimum absolute atomic E-state index is 0.255. The number of aromatic nitrogens is 2. The molecular weight excluding hydrogens is 238 g/mol. The van der Waals surface area contributed by atoms with Gasteiger partial charge in [-0.2, -0.15) is 0 Å². The number of anilines is 1. The zero-order valence-corrected chi connectivity index (χ0v) is 11.5. The first kappa shape index (κ1) is 14.3. The van der Waals surface area contributed by atoms with E-state index in [9.17, 15) is 0 Å². The van der Waals surface area contributed by atoms with Gasteiger partial charge in [0.2, 0.25) is 5.13 Å². The van der Waals surface area contributed by atoms with Gasteiger partial charge in [-0.05, 0) is 20.3 Å². The molecule has 0 unspecified atom stereocenters. The number of hydrogen-bond acceptors (Lipinski definition) is 6. The Bertz CT molecular complexity index is 305. The fraction of sp³-hybridized carbons (Fsp3) is 0.818. The van der Waals surface area contributed by atoms with Crippen LogP contribution in [0.5, 0.6) is 0 Å². The highest BCUT2D eigenvalue weighted by Gasteiger charge is 2.03. The lowest BCUT2D eigenvalue weighted by Gasteiger charge is -2.06. The monoisotopic (exact) mass is 259 g/mol. The Kier molecular flexibility index (Phi) is 7.07. The van der Waals surface area contributed by atoms with Gasteiger partial charge in [0.15, 0.2) is 0 Å². The molecule has 0 spiro atoms. The number of ether oxygens (including phenoxy) is 2. The van der Waals surface area contributed by atoms with Crippen LogP contribution in [0.3, 0.4) is 0 Å². The normalized spacial score (nSPS) is 11.1. The second-order valence-corrected chi connectivity index (χ2v) is 4.96. The van der Waals surface area contributed by atoms with Crippen molar-refractivity contribution in [2.75, 3.05) is 25.1 Å². The van der Waals surface area contributed by atoms with Gasteiger partial charge in [-0.3, -0.25) is 0 Å². The molecule has 1 N–H and O–H groups in total. The Balaban J connectivity index is 2.12. The fourth-order valence-electron chi connectivity index (χ4n) is 1.12. The first-order valence-corrected chi connectivity index (χ1v) is 6.79. The Morgan fingerprint density at radius 1 is 1.29 bits per heavy atom. The molecule has 0 atom stereocenters. The maximum atomic E-state index is 5.44. The molecule has 0 aliphatic carbocycles. The van der Waals surface area contributed by atoms with E-state index < -0.39 is 0 Å². The molecule has 0 aromatic carbocycles. The molecule has 0 aliphatic heterocycles. The van der Waals surface area contributed by atoms with Gasteiger partial charge in [0.1, 0.15) is 11.6 Å². The lowest BCUT2D eigenvalue weighted by molar-refractivity contribution is 0.0141. The summed E-state index contributed by atoms with van der Waals surface area (Å²) in [5.74, 6) is 0. The van der Waals surface area contributed by atoms with Crippen LogP contribution in [0.25, 0.3) is 0 Å². The van der Waals surface area contributed by atoms with Crippen LogP contribution in [-0.4, -0.2) is 36.1 Å². The van der Waals surface area contributed by atoms with Gasteiger partial charge >= 0.3 is 0 Å². The topological polar surface area (TPSA) is 56.3 Å². The summed E-state index contributed by atoms with van der Waals surface area (Å²) in [5.41, 5.74) is 0. The third-order valence-corrected chi connectivity index (χ3v) is 2.75. The molecule has 6 heteroatoms. The van der Waals surface area contributed by atoms with Crippen molar-refractivity contribution in [3.8, 4) is 0 Å². The van der Waals surface area contributed by atoms with Gasteiger partial charge in [-0.25, -0.2) is 0 Å². The standard InChI is InChI=1S/C11H21N3O2S/c1-4-5-12-11-14-13-10(17-11)8-15-6-7-16-9(2)3/h9H,4-8H2,1-3H3,(H,12,14). The smallest absolute Gasteiger partial charge is 0.205 e. The molecule has 0 fully saturated rings. The molecule has 17 heavy (non-hydrogen) atoms. The molecule has 0 amide bonds. The summed E-state index contributed by atoms with van der Waals surface area (Å²) in [6, 6.07) is 0. The van der Waals surface area contributed by atoms with Crippen molar-refractivity contribution in [2.45, 2.75) is 39.9 Å². The molecule has 1 aromatic rings. The minimum atomic E-state index is 0.255. The Labute approximate surface area is 107 Å². The van der Waals surface area contributed by atoms with E-state index in [0.717, 1.165) is 23.1 Å². The predicted octanol–water partition coefficient (Wildman–Crippen LogP) is 2.30. The summed E-state index contributed by atoms with van der Waals surface area (Å²) in [5, 5.41) is 13.0. The van der Waals surface area contributed by atoms with Crippen molar-refractivity contribution in [3.63, 3.8) is 0 Å². The molecule has 0 saturated heterocycles. The summed E-state index contributed by atoms with van der Waals surface area (Å²) in [6.45, 7) is 8.79. The van der Waals surface area contributed by atoms with Crippen LogP contribution in [-0.2, 0) is 16.1 Å². The lowest BCUT2D eigenvalue weighted by atomic mass is 10.5. The molecule has 1 heterocycles. The van der Waals surface area contributed by atoms with Gasteiger partial charge in [-0.1, -0.05) is 18.3 Å². The second-order valence-electron chi connectivity index (χ2n) is 3.90. The van der Waals surface area contributed by atoms with Crippen LogP contribution >= 0.6 is 11.3 Å². The molecule has 1 aromatic heterocycles. The van der Waals surface area contributed by atoms with Gasteiger partial charge in [0, 0.05) is 6.54 Å². The van der Waals surface area contributed by atoms with E-state index in [1.807, 2.05) is 13.8 Å². The summed E-state index contributed by atoms with van der Waals surface area (Å²) in [4.78, 5) is 0. The van der Waals surface area contributed by atoms with Crippen LogP contribution < -0.4 is 5.32 Å². The van der Waals surface area contributed by atoms with Crippen LogP contribution in [0.1, 0.15) is 32.2 Å². The first-order valence-electron chi connectivity index (χ1n) is 5.98. The van der Waals surface area contributed by atoms with Gasteiger partial charge in [-0.15, -0.1) is 10.2 Å². The molecule has 98 valence electrons. The molecule has 0 saturated carbocycles. The average Bonchev–Trinajstić information content (AvgIpc) is 2.73. The van der Waals surface area contributed by atoms with Gasteiger partial charge in [0.25, 0.3) is 0 Å². The van der Waals surface area contributed by atoms with Crippen molar-refractivity contribution in [1.29, 1.82) is 0 Å². The van der Waals surface area contributed by atoms with Crippen molar-refractivity contribution >= 4 is 16.5 Å². The van der Waals surface area contributed by atoms with E-state index in [0.29, 0.717) is 19.8 Å². The van der Waals surface area contributed by atoms with Crippen molar-refractivity contribution in [3.05, 3.63) is 5.01 Å². The van der Waals surface area contributed by atoms with E-state index in [1.165, 1.54) is 11.3 Å². The minimum Gasteiger partial charge on any atom is -0.376 e. The van der Waals surface area contributed by atoms with E-state index >= 15 is 0 Å². The predicted molar refractivity (Wildman–Crippen MR) is 69.4 cm³/mol. The first-order chi connectivity index (χ1) is 8.22. The molecule has 5 nitrogen and oxygen atoms in total. The fourth-order valence-corrected chi connectivity index (χ4v) is 1.82. The quantitative estimate of drug-likeness (QED) is 0.690. The van der Waals surface area contributed by atoms with Crippen LogP contribution in [0.15, 0.2) is 0 Å². The number of hydrogen-bond donors (Lipinski definition) is 1. The Morgan fingerprint density at radius 3 is 2.82 bits per heavy atom. The molecule has 0 bridgehead atoms. The van der Waals surface area contributed by atoms with E-state index in [1.54, 1.807) is 0 Å². The maximum Gasteiger partial charge on any atom is 0.205 e.